The zero-order chi connectivity index (χ0) is 16.9. The average Bonchev–Trinajstić information content (AvgIpc) is 3.09. The van der Waals surface area contributed by atoms with Crippen molar-refractivity contribution in [1.29, 1.82) is 0 Å². The van der Waals surface area contributed by atoms with Crippen LogP contribution in [0.15, 0.2) is 59.1 Å². The van der Waals surface area contributed by atoms with Crippen molar-refractivity contribution in [2.75, 3.05) is 7.11 Å². The summed E-state index contributed by atoms with van der Waals surface area (Å²) in [5.74, 6) is 2.21. The molecule has 24 heavy (non-hydrogen) atoms. The Kier molecular flexibility index (Phi) is 5.18. The van der Waals surface area contributed by atoms with Gasteiger partial charge in [-0.05, 0) is 48.9 Å². The van der Waals surface area contributed by atoms with Crippen LogP contribution in [0.4, 0.5) is 0 Å². The minimum absolute atomic E-state index is 0.179. The SMILES string of the molecule is COc1ccc(-c2cnc(CN[C@@H](C)c3ccc(Cl)cc3)o2)cc1. The molecular weight excluding hydrogens is 324 g/mol. The Labute approximate surface area is 146 Å². The van der Waals surface area contributed by atoms with Gasteiger partial charge >= 0.3 is 0 Å². The van der Waals surface area contributed by atoms with Gasteiger partial charge in [0.05, 0.1) is 19.9 Å². The summed E-state index contributed by atoms with van der Waals surface area (Å²) < 4.78 is 11.0. The largest absolute Gasteiger partial charge is 0.497 e. The summed E-state index contributed by atoms with van der Waals surface area (Å²) in [6, 6.07) is 15.7. The zero-order valence-electron chi connectivity index (χ0n) is 13.6. The van der Waals surface area contributed by atoms with E-state index in [1.807, 2.05) is 48.5 Å². The van der Waals surface area contributed by atoms with Gasteiger partial charge in [0.15, 0.2) is 5.76 Å². The second kappa shape index (κ2) is 7.51. The molecule has 5 heteroatoms. The molecule has 0 amide bonds. The van der Waals surface area contributed by atoms with Gasteiger partial charge in [-0.15, -0.1) is 0 Å². The Morgan fingerprint density at radius 1 is 1.12 bits per heavy atom. The van der Waals surface area contributed by atoms with Crippen molar-refractivity contribution in [2.45, 2.75) is 19.5 Å². The van der Waals surface area contributed by atoms with E-state index in [4.69, 9.17) is 20.8 Å². The molecule has 1 aromatic heterocycles. The quantitative estimate of drug-likeness (QED) is 0.695. The molecule has 3 rings (SSSR count). The number of hydrogen-bond acceptors (Lipinski definition) is 4. The molecule has 0 aliphatic rings. The lowest BCUT2D eigenvalue weighted by molar-refractivity contribution is 0.414. The smallest absolute Gasteiger partial charge is 0.208 e. The summed E-state index contributed by atoms with van der Waals surface area (Å²) in [5.41, 5.74) is 2.14. The van der Waals surface area contributed by atoms with E-state index in [0.717, 1.165) is 22.1 Å². The maximum Gasteiger partial charge on any atom is 0.208 e. The Hall–Kier alpha value is -2.30. The van der Waals surface area contributed by atoms with E-state index < -0.39 is 0 Å². The van der Waals surface area contributed by atoms with Crippen LogP contribution in [0, 0.1) is 0 Å². The van der Waals surface area contributed by atoms with Crippen LogP contribution in [0.3, 0.4) is 0 Å². The van der Waals surface area contributed by atoms with Crippen molar-refractivity contribution in [3.8, 4) is 17.1 Å². The van der Waals surface area contributed by atoms with E-state index in [1.54, 1.807) is 13.3 Å². The number of oxazole rings is 1. The van der Waals surface area contributed by atoms with Crippen molar-refractivity contribution in [1.82, 2.24) is 10.3 Å². The Balaban J connectivity index is 1.62. The second-order valence-corrected chi connectivity index (χ2v) is 5.94. The van der Waals surface area contributed by atoms with Crippen molar-refractivity contribution >= 4 is 11.6 Å². The average molecular weight is 343 g/mol. The van der Waals surface area contributed by atoms with Crippen LogP contribution in [0.1, 0.15) is 24.4 Å². The van der Waals surface area contributed by atoms with Gasteiger partial charge in [-0.1, -0.05) is 23.7 Å². The number of benzene rings is 2. The Morgan fingerprint density at radius 3 is 2.50 bits per heavy atom. The molecule has 0 saturated heterocycles. The molecule has 3 aromatic rings. The van der Waals surface area contributed by atoms with Gasteiger partial charge in [0.25, 0.3) is 0 Å². The maximum atomic E-state index is 5.92. The molecule has 0 radical (unpaired) electrons. The molecule has 0 saturated carbocycles. The normalized spacial score (nSPS) is 12.1. The van der Waals surface area contributed by atoms with E-state index in [2.05, 4.69) is 17.2 Å². The Morgan fingerprint density at radius 2 is 1.83 bits per heavy atom. The molecule has 0 spiro atoms. The number of nitrogens with one attached hydrogen (secondary N) is 1. The van der Waals surface area contributed by atoms with Crippen LogP contribution in [-0.2, 0) is 6.54 Å². The van der Waals surface area contributed by atoms with Crippen LogP contribution in [-0.4, -0.2) is 12.1 Å². The topological polar surface area (TPSA) is 47.3 Å². The molecule has 1 heterocycles. The number of ether oxygens (including phenoxy) is 1. The fraction of sp³-hybridized carbons (Fsp3) is 0.211. The fourth-order valence-corrected chi connectivity index (χ4v) is 2.52. The van der Waals surface area contributed by atoms with Crippen LogP contribution >= 0.6 is 11.6 Å². The molecule has 0 aliphatic heterocycles. The number of halogens is 1. The van der Waals surface area contributed by atoms with Gasteiger partial charge < -0.3 is 14.5 Å². The number of methoxy groups -OCH3 is 1. The van der Waals surface area contributed by atoms with Crippen molar-refractivity contribution < 1.29 is 9.15 Å². The first-order chi connectivity index (χ1) is 11.7. The van der Waals surface area contributed by atoms with Crippen LogP contribution in [0.25, 0.3) is 11.3 Å². The molecule has 2 aromatic carbocycles. The van der Waals surface area contributed by atoms with Gasteiger partial charge in [-0.3, -0.25) is 0 Å². The summed E-state index contributed by atoms with van der Waals surface area (Å²) in [6.45, 7) is 2.65. The van der Waals surface area contributed by atoms with E-state index >= 15 is 0 Å². The predicted molar refractivity (Wildman–Crippen MR) is 95.2 cm³/mol. The van der Waals surface area contributed by atoms with Crippen molar-refractivity contribution in [2.24, 2.45) is 0 Å². The highest BCUT2D eigenvalue weighted by Crippen LogP contribution is 2.23. The van der Waals surface area contributed by atoms with Gasteiger partial charge in [-0.2, -0.15) is 0 Å². The standard InChI is InChI=1S/C19H19ClN2O2/c1-13(14-3-7-16(20)8-4-14)21-12-19-22-11-18(24-19)15-5-9-17(23-2)10-6-15/h3-11,13,21H,12H2,1-2H3/t13-/m0/s1. The minimum Gasteiger partial charge on any atom is -0.497 e. The van der Waals surface area contributed by atoms with E-state index in [-0.39, 0.29) is 6.04 Å². The molecular formula is C19H19ClN2O2. The van der Waals surface area contributed by atoms with E-state index in [9.17, 15) is 0 Å². The first-order valence-corrected chi connectivity index (χ1v) is 8.11. The van der Waals surface area contributed by atoms with Gasteiger partial charge in [-0.25, -0.2) is 4.98 Å². The molecule has 0 aliphatic carbocycles. The highest BCUT2D eigenvalue weighted by Gasteiger charge is 2.09. The maximum absolute atomic E-state index is 5.92. The van der Waals surface area contributed by atoms with Crippen molar-refractivity contribution in [3.05, 3.63) is 71.2 Å². The number of rotatable bonds is 6. The van der Waals surface area contributed by atoms with Gasteiger partial charge in [0.1, 0.15) is 5.75 Å². The summed E-state index contributed by atoms with van der Waals surface area (Å²) in [6.07, 6.45) is 1.74. The summed E-state index contributed by atoms with van der Waals surface area (Å²) in [7, 11) is 1.65. The lowest BCUT2D eigenvalue weighted by Gasteiger charge is -2.12. The van der Waals surface area contributed by atoms with Crippen LogP contribution in [0.5, 0.6) is 5.75 Å². The lowest BCUT2D eigenvalue weighted by atomic mass is 10.1. The fourth-order valence-electron chi connectivity index (χ4n) is 2.39. The third-order valence-electron chi connectivity index (χ3n) is 3.86. The molecule has 1 N–H and O–H groups in total. The third kappa shape index (κ3) is 3.96. The molecule has 0 unspecified atom stereocenters. The summed E-state index contributed by atoms with van der Waals surface area (Å²) in [5, 5.41) is 4.14. The Bertz CT molecular complexity index is 782. The van der Waals surface area contributed by atoms with E-state index in [1.165, 1.54) is 5.56 Å². The number of aromatic nitrogens is 1. The lowest BCUT2D eigenvalue weighted by Crippen LogP contribution is -2.18. The highest BCUT2D eigenvalue weighted by molar-refractivity contribution is 6.30. The second-order valence-electron chi connectivity index (χ2n) is 5.50. The van der Waals surface area contributed by atoms with Gasteiger partial charge in [0, 0.05) is 16.6 Å². The van der Waals surface area contributed by atoms with Crippen molar-refractivity contribution in [3.63, 3.8) is 0 Å². The molecule has 124 valence electrons. The summed E-state index contributed by atoms with van der Waals surface area (Å²) >= 11 is 5.92. The number of hydrogen-bond donors (Lipinski definition) is 1. The van der Waals surface area contributed by atoms with Gasteiger partial charge in [0.2, 0.25) is 5.89 Å². The molecule has 0 bridgehead atoms. The third-order valence-corrected chi connectivity index (χ3v) is 4.11. The monoisotopic (exact) mass is 342 g/mol. The van der Waals surface area contributed by atoms with Crippen LogP contribution in [0.2, 0.25) is 5.02 Å². The highest BCUT2D eigenvalue weighted by atomic mass is 35.5. The van der Waals surface area contributed by atoms with E-state index in [0.29, 0.717) is 12.4 Å². The first-order valence-electron chi connectivity index (χ1n) is 7.73. The number of nitrogens with zero attached hydrogens (tertiary/aromatic N) is 1. The molecule has 0 fully saturated rings. The van der Waals surface area contributed by atoms with Crippen LogP contribution < -0.4 is 10.1 Å². The minimum atomic E-state index is 0.179. The first kappa shape index (κ1) is 16.6. The molecule has 1 atom stereocenters. The zero-order valence-corrected chi connectivity index (χ0v) is 14.4. The summed E-state index contributed by atoms with van der Waals surface area (Å²) in [4.78, 5) is 4.33. The molecule has 4 nitrogen and oxygen atoms in total. The predicted octanol–water partition coefficient (Wildman–Crippen LogP) is 4.85.